The molecule has 0 bridgehead atoms. The second-order valence-corrected chi connectivity index (χ2v) is 17.8. The quantitative estimate of drug-likeness (QED) is 0.0213. The molecule has 0 amide bonds. The molecule has 0 aliphatic heterocycles. The number of unbranched alkanes of at least 4 members (excludes halogenated alkanes) is 9. The van der Waals surface area contributed by atoms with Crippen LogP contribution in [0.1, 0.15) is 155 Å². The number of likely N-dealkylation sites (N-methyl/N-ethyl adjacent to an activating group) is 1. The number of carbonyl (C=O) groups excluding carboxylic acids is 2. The fourth-order valence-corrected chi connectivity index (χ4v) is 6.42. The molecule has 0 aromatic heterocycles. The van der Waals surface area contributed by atoms with Gasteiger partial charge in [0.05, 0.1) is 27.7 Å². The van der Waals surface area contributed by atoms with E-state index < -0.39 is 32.5 Å². The van der Waals surface area contributed by atoms with Crippen LogP contribution in [0.4, 0.5) is 0 Å². The van der Waals surface area contributed by atoms with Crippen molar-refractivity contribution in [2.75, 3.05) is 47.5 Å². The summed E-state index contributed by atoms with van der Waals surface area (Å²) >= 11 is 0. The lowest BCUT2D eigenvalue weighted by atomic mass is 10.1. The molecule has 0 aliphatic carbocycles. The van der Waals surface area contributed by atoms with Gasteiger partial charge in [-0.25, -0.2) is 4.57 Å². The van der Waals surface area contributed by atoms with Gasteiger partial charge in [0.1, 0.15) is 19.8 Å². The number of nitrogens with zero attached hydrogens (tertiary/aromatic N) is 1. The van der Waals surface area contributed by atoms with E-state index in [2.05, 4.69) is 123 Å². The van der Waals surface area contributed by atoms with Crippen molar-refractivity contribution in [1.29, 1.82) is 0 Å². The molecule has 0 rings (SSSR count). The molecule has 1 N–H and O–H groups in total. The maximum atomic E-state index is 12.7. The van der Waals surface area contributed by atoms with Gasteiger partial charge in [0.25, 0.3) is 0 Å². The minimum absolute atomic E-state index is 0.0164. The molecule has 0 saturated carbocycles. The maximum Gasteiger partial charge on any atom is 0.472 e. The fraction of sp³-hybridized carbons (Fsp3) is 0.615. The molecule has 62 heavy (non-hydrogen) atoms. The van der Waals surface area contributed by atoms with Crippen LogP contribution in [0.25, 0.3) is 0 Å². The van der Waals surface area contributed by atoms with Crippen LogP contribution in [0, 0.1) is 0 Å². The Hall–Kier alpha value is -3.33. The van der Waals surface area contributed by atoms with E-state index in [1.54, 1.807) is 0 Å². The second-order valence-electron chi connectivity index (χ2n) is 16.4. The van der Waals surface area contributed by atoms with Crippen LogP contribution < -0.4 is 0 Å². The number of esters is 2. The highest BCUT2D eigenvalue weighted by Crippen LogP contribution is 2.43. The normalized spacial score (nSPS) is 14.5. The zero-order valence-electron chi connectivity index (χ0n) is 39.6. The average Bonchev–Trinajstić information content (AvgIpc) is 3.23. The molecular weight excluding hydrogens is 798 g/mol. The number of phosphoric acid groups is 1. The Bertz CT molecular complexity index is 1420. The lowest BCUT2D eigenvalue weighted by Gasteiger charge is -2.24. The molecule has 0 aromatic rings. The molecule has 0 saturated heterocycles. The Labute approximate surface area is 378 Å². The van der Waals surface area contributed by atoms with E-state index in [-0.39, 0.29) is 26.1 Å². The number of rotatable bonds is 41. The van der Waals surface area contributed by atoms with Crippen molar-refractivity contribution in [3.8, 4) is 0 Å². The van der Waals surface area contributed by atoms with E-state index in [0.29, 0.717) is 23.9 Å². The first-order chi connectivity index (χ1) is 30.0. The van der Waals surface area contributed by atoms with Crippen molar-refractivity contribution < 1.29 is 42.1 Å². The van der Waals surface area contributed by atoms with Crippen molar-refractivity contribution in [3.05, 3.63) is 109 Å². The first kappa shape index (κ1) is 58.7. The summed E-state index contributed by atoms with van der Waals surface area (Å²) in [5.41, 5.74) is 0. The van der Waals surface area contributed by atoms with Crippen LogP contribution in [-0.2, 0) is 32.7 Å². The monoisotopic (exact) mass is 885 g/mol. The van der Waals surface area contributed by atoms with E-state index in [4.69, 9.17) is 18.5 Å². The fourth-order valence-electron chi connectivity index (χ4n) is 5.68. The molecule has 0 fully saturated rings. The van der Waals surface area contributed by atoms with Crippen molar-refractivity contribution in [2.45, 2.75) is 161 Å². The third-order valence-electron chi connectivity index (χ3n) is 9.30. The van der Waals surface area contributed by atoms with E-state index in [9.17, 15) is 19.0 Å². The van der Waals surface area contributed by atoms with Crippen LogP contribution in [-0.4, -0.2) is 74.9 Å². The minimum Gasteiger partial charge on any atom is -0.462 e. The molecule has 0 heterocycles. The maximum absolute atomic E-state index is 12.7. The number of hydrogen-bond donors (Lipinski definition) is 1. The van der Waals surface area contributed by atoms with Crippen molar-refractivity contribution in [1.82, 2.24) is 0 Å². The molecule has 0 radical (unpaired) electrons. The van der Waals surface area contributed by atoms with Crippen LogP contribution >= 0.6 is 7.82 Å². The third-order valence-corrected chi connectivity index (χ3v) is 10.3. The third kappa shape index (κ3) is 46.2. The zero-order chi connectivity index (χ0) is 45.7. The van der Waals surface area contributed by atoms with Gasteiger partial charge in [-0.3, -0.25) is 18.6 Å². The van der Waals surface area contributed by atoms with Gasteiger partial charge >= 0.3 is 19.8 Å². The highest BCUT2D eigenvalue weighted by atomic mass is 31.2. The van der Waals surface area contributed by atoms with Gasteiger partial charge < -0.3 is 18.9 Å². The average molecular weight is 885 g/mol. The first-order valence-electron chi connectivity index (χ1n) is 23.6. The summed E-state index contributed by atoms with van der Waals surface area (Å²) in [7, 11) is 1.43. The van der Waals surface area contributed by atoms with E-state index in [1.807, 2.05) is 21.1 Å². The Morgan fingerprint density at radius 3 is 1.29 bits per heavy atom. The summed E-state index contributed by atoms with van der Waals surface area (Å²) in [6.07, 6.45) is 58.5. The zero-order valence-corrected chi connectivity index (χ0v) is 40.4. The number of allylic oxidation sites excluding steroid dienone is 18. The Morgan fingerprint density at radius 2 is 0.871 bits per heavy atom. The van der Waals surface area contributed by atoms with Gasteiger partial charge in [0, 0.05) is 12.8 Å². The smallest absolute Gasteiger partial charge is 0.462 e. The number of hydrogen-bond acceptors (Lipinski definition) is 7. The lowest BCUT2D eigenvalue weighted by molar-refractivity contribution is -0.870. The van der Waals surface area contributed by atoms with Gasteiger partial charge in [0.15, 0.2) is 6.10 Å². The van der Waals surface area contributed by atoms with E-state index in [0.717, 1.165) is 116 Å². The van der Waals surface area contributed by atoms with Crippen molar-refractivity contribution in [2.24, 2.45) is 0 Å². The largest absolute Gasteiger partial charge is 0.472 e. The van der Waals surface area contributed by atoms with Crippen molar-refractivity contribution in [3.63, 3.8) is 0 Å². The second kappa shape index (κ2) is 42.9. The topological polar surface area (TPSA) is 108 Å². The standard InChI is InChI=1S/C52H86NO8P/c1-6-8-10-12-14-16-18-20-22-23-24-25-26-27-28-29-31-33-35-37-39-41-43-45-52(55)61-50(49-60-62(56,57)59-47-46-53(3,4)5)48-58-51(54)44-42-40-38-36-34-32-30-21-19-17-15-13-11-9-7-2/h8-11,14-17,20-22,24-25,27-28,30-31,33,50H,6-7,12-13,18-19,23,26,29,32,34-49H2,1-5H3/p+1/b10-8-,11-9-,16-14-,17-15-,22-20-,25-24-,28-27-,30-21-,33-31-. The SMILES string of the molecule is CC/C=C\C/C=C\C/C=C\C/C=C\C/C=C\C/C=C\CCCCCCC(=O)OC(COC(=O)CCCCCCC/C=C\C/C=C\C/C=C\CC)COP(=O)(O)OCC[N+](C)(C)C. The molecule has 352 valence electrons. The van der Waals surface area contributed by atoms with Crippen LogP contribution in [0.2, 0.25) is 0 Å². The Balaban J connectivity index is 4.41. The van der Waals surface area contributed by atoms with Crippen LogP contribution in [0.5, 0.6) is 0 Å². The molecule has 10 heteroatoms. The highest BCUT2D eigenvalue weighted by molar-refractivity contribution is 7.47. The number of carbonyl (C=O) groups is 2. The molecule has 9 nitrogen and oxygen atoms in total. The Morgan fingerprint density at radius 1 is 0.500 bits per heavy atom. The van der Waals surface area contributed by atoms with Crippen molar-refractivity contribution >= 4 is 19.8 Å². The lowest BCUT2D eigenvalue weighted by Crippen LogP contribution is -2.37. The van der Waals surface area contributed by atoms with Gasteiger partial charge in [-0.05, 0) is 96.3 Å². The first-order valence-corrected chi connectivity index (χ1v) is 25.1. The minimum atomic E-state index is -4.40. The summed E-state index contributed by atoms with van der Waals surface area (Å²) in [5.74, 6) is -0.859. The van der Waals surface area contributed by atoms with Gasteiger partial charge in [-0.1, -0.05) is 155 Å². The summed E-state index contributed by atoms with van der Waals surface area (Å²) < 4.78 is 34.3. The highest BCUT2D eigenvalue weighted by Gasteiger charge is 2.27. The number of ether oxygens (including phenoxy) is 2. The molecule has 2 unspecified atom stereocenters. The molecule has 0 aromatic carbocycles. The van der Waals surface area contributed by atoms with Gasteiger partial charge in [-0.2, -0.15) is 0 Å². The summed E-state index contributed by atoms with van der Waals surface area (Å²) in [5, 5.41) is 0. The predicted molar refractivity (Wildman–Crippen MR) is 261 cm³/mol. The summed E-state index contributed by atoms with van der Waals surface area (Å²) in [6.45, 7) is 4.12. The van der Waals surface area contributed by atoms with Gasteiger partial charge in [-0.15, -0.1) is 0 Å². The molecule has 0 spiro atoms. The number of phosphoric ester groups is 1. The number of quaternary nitrogens is 1. The van der Waals surface area contributed by atoms with E-state index in [1.165, 1.54) is 0 Å². The summed E-state index contributed by atoms with van der Waals surface area (Å²) in [4.78, 5) is 35.5. The molecule has 0 aliphatic rings. The molecule has 2 atom stereocenters. The predicted octanol–water partition coefficient (Wildman–Crippen LogP) is 13.9. The summed E-state index contributed by atoms with van der Waals surface area (Å²) in [6, 6.07) is 0. The molecular formula is C52H87NO8P+. The van der Waals surface area contributed by atoms with E-state index >= 15 is 0 Å². The van der Waals surface area contributed by atoms with Gasteiger partial charge in [0.2, 0.25) is 0 Å². The van der Waals surface area contributed by atoms with Crippen LogP contribution in [0.3, 0.4) is 0 Å². The van der Waals surface area contributed by atoms with Crippen LogP contribution in [0.15, 0.2) is 109 Å². The Kier molecular flexibility index (Phi) is 40.6.